The first-order valence-corrected chi connectivity index (χ1v) is 11.2. The quantitative estimate of drug-likeness (QED) is 0.314. The lowest BCUT2D eigenvalue weighted by molar-refractivity contribution is -0.137. The molecule has 1 amide bonds. The zero-order valence-corrected chi connectivity index (χ0v) is 20.5. The molecule has 0 aliphatic heterocycles. The molecule has 0 atom stereocenters. The molecule has 0 radical (unpaired) electrons. The number of aromatic nitrogens is 7. The van der Waals surface area contributed by atoms with E-state index >= 15 is 0 Å². The van der Waals surface area contributed by atoms with E-state index in [4.69, 9.17) is 15.2 Å². The van der Waals surface area contributed by atoms with Gasteiger partial charge in [-0.3, -0.25) is 9.36 Å². The zero-order valence-electron chi connectivity index (χ0n) is 20.5. The van der Waals surface area contributed by atoms with Crippen LogP contribution in [0.15, 0.2) is 49.1 Å². The number of amides is 1. The topological polar surface area (TPSA) is 173 Å². The summed E-state index contributed by atoms with van der Waals surface area (Å²) < 4.78 is 53.2. The smallest absolute Gasteiger partial charge is 0.416 e. The normalized spacial score (nSPS) is 11.5. The first-order valence-electron chi connectivity index (χ1n) is 11.2. The minimum absolute atomic E-state index is 0.0591. The number of benzene rings is 2. The average molecular weight is 554 g/mol. The van der Waals surface area contributed by atoms with E-state index in [0.29, 0.717) is 11.5 Å². The molecule has 204 valence electrons. The largest absolute Gasteiger partial charge is 0.496 e. The number of rotatable bonds is 6. The number of primary amides is 1. The predicted molar refractivity (Wildman–Crippen MR) is 130 cm³/mol. The van der Waals surface area contributed by atoms with Crippen molar-refractivity contribution < 1.29 is 37.3 Å². The van der Waals surface area contributed by atoms with Gasteiger partial charge in [-0.2, -0.15) is 18.2 Å². The summed E-state index contributed by atoms with van der Waals surface area (Å²) in [4.78, 5) is 33.7. The van der Waals surface area contributed by atoms with E-state index in [-0.39, 0.29) is 45.5 Å². The van der Waals surface area contributed by atoms with E-state index in [0.717, 1.165) is 28.9 Å². The molecule has 0 aliphatic carbocycles. The van der Waals surface area contributed by atoms with Crippen molar-refractivity contribution in [2.75, 3.05) is 7.11 Å². The molecule has 0 spiro atoms. The Hall–Kier alpha value is -5.54. The summed E-state index contributed by atoms with van der Waals surface area (Å²) in [6, 6.07) is 5.56. The molecular formula is C24H17F3N8O5. The van der Waals surface area contributed by atoms with Crippen molar-refractivity contribution in [3.63, 3.8) is 0 Å². The Kier molecular flexibility index (Phi) is 6.29. The maximum absolute atomic E-state index is 13.6. The third-order valence-electron chi connectivity index (χ3n) is 5.81. The van der Waals surface area contributed by atoms with E-state index < -0.39 is 29.3 Å². The van der Waals surface area contributed by atoms with Crippen molar-refractivity contribution in [2.24, 2.45) is 5.73 Å². The minimum Gasteiger partial charge on any atom is -0.496 e. The number of carboxylic acid groups (broad SMARTS) is 1. The molecule has 5 rings (SSSR count). The molecule has 0 unspecified atom stereocenters. The summed E-state index contributed by atoms with van der Waals surface area (Å²) in [6.45, 7) is 1.58. The average Bonchev–Trinajstić information content (AvgIpc) is 3.57. The van der Waals surface area contributed by atoms with Gasteiger partial charge in [0.15, 0.2) is 12.0 Å². The second-order valence-electron chi connectivity index (χ2n) is 8.27. The van der Waals surface area contributed by atoms with Crippen LogP contribution < -0.4 is 15.2 Å². The Morgan fingerprint density at radius 3 is 2.52 bits per heavy atom. The number of carbonyl (C=O) groups excluding carboxylic acids is 1. The summed E-state index contributed by atoms with van der Waals surface area (Å²) in [7, 11) is 1.13. The van der Waals surface area contributed by atoms with E-state index in [1.807, 2.05) is 0 Å². The SMILES string of the molecule is COc1cc(C(F)(F)F)cc(C(N)=O)c1-c1cc2ccn(C(=O)O)c2cc1Oc1nc(C)ncc1-n1ncnn1. The lowest BCUT2D eigenvalue weighted by Crippen LogP contribution is -2.16. The van der Waals surface area contributed by atoms with Gasteiger partial charge in [0.25, 0.3) is 5.88 Å². The molecule has 16 heteroatoms. The number of aryl methyl sites for hydroxylation is 1. The number of ether oxygens (including phenoxy) is 2. The maximum Gasteiger partial charge on any atom is 0.416 e. The van der Waals surface area contributed by atoms with Crippen LogP contribution in [0, 0.1) is 6.92 Å². The van der Waals surface area contributed by atoms with Crippen molar-refractivity contribution in [1.29, 1.82) is 0 Å². The fourth-order valence-electron chi connectivity index (χ4n) is 4.06. The van der Waals surface area contributed by atoms with Crippen molar-refractivity contribution >= 4 is 22.9 Å². The number of methoxy groups -OCH3 is 1. The highest BCUT2D eigenvalue weighted by atomic mass is 19.4. The highest BCUT2D eigenvalue weighted by molar-refractivity contribution is 6.04. The van der Waals surface area contributed by atoms with Crippen LogP contribution >= 0.6 is 0 Å². The number of hydrogen-bond donors (Lipinski definition) is 2. The Morgan fingerprint density at radius 2 is 1.90 bits per heavy atom. The van der Waals surface area contributed by atoms with Gasteiger partial charge in [0.05, 0.1) is 30.0 Å². The van der Waals surface area contributed by atoms with Crippen molar-refractivity contribution in [1.82, 2.24) is 34.7 Å². The van der Waals surface area contributed by atoms with Gasteiger partial charge in [0, 0.05) is 28.8 Å². The van der Waals surface area contributed by atoms with E-state index in [1.54, 1.807) is 6.92 Å². The number of halogens is 3. The lowest BCUT2D eigenvalue weighted by atomic mass is 9.94. The highest BCUT2D eigenvalue weighted by Crippen LogP contribution is 2.45. The third-order valence-corrected chi connectivity index (χ3v) is 5.81. The van der Waals surface area contributed by atoms with Crippen LogP contribution in [0.5, 0.6) is 17.4 Å². The Morgan fingerprint density at radius 1 is 1.12 bits per heavy atom. The van der Waals surface area contributed by atoms with Crippen LogP contribution in [0.3, 0.4) is 0 Å². The minimum atomic E-state index is -4.81. The molecular weight excluding hydrogens is 537 g/mol. The Labute approximate surface area is 221 Å². The number of nitrogens with two attached hydrogens (primary N) is 1. The van der Waals surface area contributed by atoms with Crippen LogP contribution in [0.25, 0.3) is 27.7 Å². The van der Waals surface area contributed by atoms with Crippen LogP contribution in [-0.4, -0.2) is 59.0 Å². The number of nitrogens with zero attached hydrogens (tertiary/aromatic N) is 7. The molecule has 13 nitrogen and oxygen atoms in total. The van der Waals surface area contributed by atoms with Gasteiger partial charge < -0.3 is 20.3 Å². The van der Waals surface area contributed by atoms with Gasteiger partial charge in [0.2, 0.25) is 5.91 Å². The third kappa shape index (κ3) is 4.61. The first-order chi connectivity index (χ1) is 19.0. The highest BCUT2D eigenvalue weighted by Gasteiger charge is 2.34. The second-order valence-corrected chi connectivity index (χ2v) is 8.27. The van der Waals surface area contributed by atoms with Crippen LogP contribution in [0.2, 0.25) is 0 Å². The van der Waals surface area contributed by atoms with Crippen LogP contribution in [-0.2, 0) is 6.18 Å². The van der Waals surface area contributed by atoms with Gasteiger partial charge in [-0.25, -0.2) is 9.78 Å². The van der Waals surface area contributed by atoms with Gasteiger partial charge in [-0.05, 0) is 36.4 Å². The van der Waals surface area contributed by atoms with Crippen LogP contribution in [0.1, 0.15) is 21.7 Å². The molecule has 0 fully saturated rings. The molecule has 3 heterocycles. The predicted octanol–water partition coefficient (Wildman–Crippen LogP) is 3.83. The van der Waals surface area contributed by atoms with Crippen molar-refractivity contribution in [2.45, 2.75) is 13.1 Å². The summed E-state index contributed by atoms with van der Waals surface area (Å²) in [6.07, 6.45) is -2.32. The molecule has 3 N–H and O–H groups in total. The monoisotopic (exact) mass is 554 g/mol. The molecule has 2 aromatic carbocycles. The fraction of sp³-hybridized carbons (Fsp3) is 0.125. The van der Waals surface area contributed by atoms with Gasteiger partial charge in [0.1, 0.15) is 17.3 Å². The van der Waals surface area contributed by atoms with E-state index in [9.17, 15) is 27.9 Å². The number of alkyl halides is 3. The molecule has 5 aromatic rings. The Bertz CT molecular complexity index is 1780. The molecule has 0 bridgehead atoms. The first kappa shape index (κ1) is 26.1. The lowest BCUT2D eigenvalue weighted by Gasteiger charge is -2.19. The Balaban J connectivity index is 1.83. The number of carbonyl (C=O) groups is 2. The summed E-state index contributed by atoms with van der Waals surface area (Å²) in [5.41, 5.74) is 4.10. The zero-order chi connectivity index (χ0) is 28.8. The van der Waals surface area contributed by atoms with E-state index in [1.165, 1.54) is 30.6 Å². The van der Waals surface area contributed by atoms with Crippen LogP contribution in [0.4, 0.5) is 18.0 Å². The van der Waals surface area contributed by atoms with Crippen molar-refractivity contribution in [3.8, 4) is 34.2 Å². The van der Waals surface area contributed by atoms with Gasteiger partial charge in [-0.1, -0.05) is 0 Å². The number of tetrazole rings is 1. The molecule has 3 aromatic heterocycles. The number of fused-ring (bicyclic) bond motifs is 1. The summed E-state index contributed by atoms with van der Waals surface area (Å²) in [5.74, 6) is -1.43. The maximum atomic E-state index is 13.6. The van der Waals surface area contributed by atoms with E-state index in [2.05, 4.69) is 25.4 Å². The second kappa shape index (κ2) is 9.64. The molecule has 0 saturated carbocycles. The fourth-order valence-corrected chi connectivity index (χ4v) is 4.06. The standard InChI is InChI=1S/C24H17F3N8O5/c1-11-29-9-17(35-31-10-30-33-35)22(32-11)40-18-8-16-12(3-4-34(16)23(37)38)5-14(18)20-15(21(28)36)6-13(24(25,26)27)7-19(20)39-2/h3-10H,1-2H3,(H2,28,36)(H,37,38). The number of hydrogen-bond acceptors (Lipinski definition) is 9. The van der Waals surface area contributed by atoms with Gasteiger partial charge in [-0.15, -0.1) is 15.0 Å². The van der Waals surface area contributed by atoms with Crippen molar-refractivity contribution in [3.05, 3.63) is 66.0 Å². The molecule has 0 saturated heterocycles. The summed E-state index contributed by atoms with van der Waals surface area (Å²) >= 11 is 0. The van der Waals surface area contributed by atoms with Gasteiger partial charge >= 0.3 is 12.3 Å². The summed E-state index contributed by atoms with van der Waals surface area (Å²) in [5, 5.41) is 21.4. The molecule has 40 heavy (non-hydrogen) atoms. The molecule has 0 aliphatic rings.